The van der Waals surface area contributed by atoms with Gasteiger partial charge in [0, 0.05) is 32.2 Å². The second kappa shape index (κ2) is 8.19. The fraction of sp³-hybridized carbons (Fsp3) is 0.737. The topological polar surface area (TPSA) is 58.6 Å². The van der Waals surface area contributed by atoms with Crippen LogP contribution < -0.4 is 4.90 Å². The lowest BCUT2D eigenvalue weighted by Crippen LogP contribution is -2.47. The SMILES string of the molecule is O=C(Cl)c1cnc(N2CCC(OC3CCN(C4CCC4)CC3)CC2)cn1. The van der Waals surface area contributed by atoms with Crippen molar-refractivity contribution in [2.24, 2.45) is 0 Å². The third kappa shape index (κ3) is 4.18. The second-order valence-electron chi connectivity index (χ2n) is 7.68. The molecular formula is C19H27ClN4O2. The van der Waals surface area contributed by atoms with Crippen LogP contribution in [0.25, 0.3) is 0 Å². The minimum absolute atomic E-state index is 0.196. The van der Waals surface area contributed by atoms with E-state index in [4.69, 9.17) is 16.3 Å². The molecule has 0 atom stereocenters. The van der Waals surface area contributed by atoms with Crippen molar-refractivity contribution in [3.8, 4) is 0 Å². The number of aromatic nitrogens is 2. The molecular weight excluding hydrogens is 352 g/mol. The van der Waals surface area contributed by atoms with E-state index in [9.17, 15) is 4.79 Å². The molecule has 0 spiro atoms. The summed E-state index contributed by atoms with van der Waals surface area (Å²) in [6, 6.07) is 0.862. The van der Waals surface area contributed by atoms with E-state index in [2.05, 4.69) is 19.8 Å². The number of carbonyl (C=O) groups excluding carboxylic acids is 1. The third-order valence-corrected chi connectivity index (χ3v) is 6.25. The van der Waals surface area contributed by atoms with Gasteiger partial charge in [0.05, 0.1) is 24.6 Å². The maximum absolute atomic E-state index is 11.1. The standard InChI is InChI=1S/C19H27ClN4O2/c20-19(25)17-12-22-18(13-21-17)24-10-6-16(7-11-24)26-15-4-8-23(9-5-15)14-2-1-3-14/h12-16H,1-11H2. The van der Waals surface area contributed by atoms with Crippen LogP contribution in [-0.4, -0.2) is 64.5 Å². The Kier molecular flexibility index (Phi) is 5.72. The molecule has 0 bridgehead atoms. The van der Waals surface area contributed by atoms with E-state index < -0.39 is 5.24 Å². The summed E-state index contributed by atoms with van der Waals surface area (Å²) < 4.78 is 6.40. The Morgan fingerprint density at radius 1 is 0.962 bits per heavy atom. The highest BCUT2D eigenvalue weighted by Crippen LogP contribution is 2.29. The van der Waals surface area contributed by atoms with E-state index in [1.807, 2.05) is 0 Å². The van der Waals surface area contributed by atoms with Gasteiger partial charge in [0.15, 0.2) is 0 Å². The number of hydrogen-bond acceptors (Lipinski definition) is 6. The van der Waals surface area contributed by atoms with Crippen molar-refractivity contribution in [2.75, 3.05) is 31.1 Å². The van der Waals surface area contributed by atoms with E-state index in [0.29, 0.717) is 12.2 Å². The van der Waals surface area contributed by atoms with Gasteiger partial charge in [-0.1, -0.05) is 6.42 Å². The first kappa shape index (κ1) is 18.1. The predicted molar refractivity (Wildman–Crippen MR) is 101 cm³/mol. The molecule has 4 rings (SSSR count). The Hall–Kier alpha value is -1.24. The van der Waals surface area contributed by atoms with E-state index in [-0.39, 0.29) is 5.69 Å². The maximum atomic E-state index is 11.1. The number of piperidine rings is 2. The van der Waals surface area contributed by atoms with Crippen molar-refractivity contribution in [1.29, 1.82) is 0 Å². The summed E-state index contributed by atoms with van der Waals surface area (Å²) in [7, 11) is 0. The second-order valence-corrected chi connectivity index (χ2v) is 8.02. The maximum Gasteiger partial charge on any atom is 0.272 e. The highest BCUT2D eigenvalue weighted by atomic mass is 35.5. The van der Waals surface area contributed by atoms with Crippen molar-refractivity contribution in [3.63, 3.8) is 0 Å². The van der Waals surface area contributed by atoms with Crippen LogP contribution in [-0.2, 0) is 4.74 Å². The van der Waals surface area contributed by atoms with Crippen LogP contribution in [0.5, 0.6) is 0 Å². The number of rotatable bonds is 5. The highest BCUT2D eigenvalue weighted by Gasteiger charge is 2.30. The molecule has 1 aromatic rings. The average Bonchev–Trinajstić information content (AvgIpc) is 2.63. The number of hydrogen-bond donors (Lipinski definition) is 0. The molecule has 0 radical (unpaired) electrons. The van der Waals surface area contributed by atoms with Gasteiger partial charge in [-0.15, -0.1) is 0 Å². The molecule has 0 unspecified atom stereocenters. The molecule has 1 aromatic heterocycles. The van der Waals surface area contributed by atoms with Crippen molar-refractivity contribution < 1.29 is 9.53 Å². The lowest BCUT2D eigenvalue weighted by Gasteiger charge is -2.42. The van der Waals surface area contributed by atoms with E-state index >= 15 is 0 Å². The van der Waals surface area contributed by atoms with Crippen LogP contribution in [0.2, 0.25) is 0 Å². The third-order valence-electron chi connectivity index (χ3n) is 6.06. The van der Waals surface area contributed by atoms with Gasteiger partial charge in [0.25, 0.3) is 5.24 Å². The summed E-state index contributed by atoms with van der Waals surface area (Å²) in [5.74, 6) is 0.805. The summed E-state index contributed by atoms with van der Waals surface area (Å²) >= 11 is 5.42. The fourth-order valence-electron chi connectivity index (χ4n) is 4.21. The number of ether oxygens (including phenoxy) is 1. The zero-order valence-electron chi connectivity index (χ0n) is 15.1. The Balaban J connectivity index is 1.21. The van der Waals surface area contributed by atoms with Gasteiger partial charge in [0.1, 0.15) is 11.5 Å². The van der Waals surface area contributed by atoms with Crippen LogP contribution in [0.1, 0.15) is 55.4 Å². The summed E-state index contributed by atoms with van der Waals surface area (Å²) in [5.41, 5.74) is 0.196. The van der Waals surface area contributed by atoms with Crippen LogP contribution in [0.15, 0.2) is 12.4 Å². The Morgan fingerprint density at radius 3 is 2.12 bits per heavy atom. The van der Waals surface area contributed by atoms with Crippen molar-refractivity contribution in [2.45, 2.75) is 63.2 Å². The van der Waals surface area contributed by atoms with Gasteiger partial charge < -0.3 is 14.5 Å². The normalized spacial score (nSPS) is 23.8. The van der Waals surface area contributed by atoms with Gasteiger partial charge in [-0.25, -0.2) is 9.97 Å². The minimum Gasteiger partial charge on any atom is -0.375 e. The largest absolute Gasteiger partial charge is 0.375 e. The number of halogens is 1. The first-order valence-electron chi connectivity index (χ1n) is 9.85. The quantitative estimate of drug-likeness (QED) is 0.734. The molecule has 0 N–H and O–H groups in total. The first-order chi connectivity index (χ1) is 12.7. The minimum atomic E-state index is -0.570. The number of likely N-dealkylation sites (tertiary alicyclic amines) is 1. The molecule has 2 aliphatic heterocycles. The summed E-state index contributed by atoms with van der Waals surface area (Å²) in [4.78, 5) is 24.3. The van der Waals surface area contributed by atoms with Gasteiger partial charge in [0.2, 0.25) is 0 Å². The fourth-order valence-corrected chi connectivity index (χ4v) is 4.31. The Labute approximate surface area is 159 Å². The summed E-state index contributed by atoms with van der Waals surface area (Å²) in [5, 5.41) is -0.570. The smallest absolute Gasteiger partial charge is 0.272 e. The zero-order chi connectivity index (χ0) is 17.9. The lowest BCUT2D eigenvalue weighted by molar-refractivity contribution is -0.0598. The molecule has 26 heavy (non-hydrogen) atoms. The summed E-state index contributed by atoms with van der Waals surface area (Å²) in [6.07, 6.45) is 12.4. The zero-order valence-corrected chi connectivity index (χ0v) is 15.9. The predicted octanol–water partition coefficient (Wildman–Crippen LogP) is 2.86. The van der Waals surface area contributed by atoms with Gasteiger partial charge in [-0.05, 0) is 50.1 Å². The number of nitrogens with zero attached hydrogens (tertiary/aromatic N) is 4. The van der Waals surface area contributed by atoms with E-state index in [0.717, 1.165) is 37.8 Å². The van der Waals surface area contributed by atoms with Crippen molar-refractivity contribution in [3.05, 3.63) is 18.1 Å². The van der Waals surface area contributed by atoms with Gasteiger partial charge in [-0.3, -0.25) is 4.79 Å². The van der Waals surface area contributed by atoms with Crippen LogP contribution in [0.3, 0.4) is 0 Å². The highest BCUT2D eigenvalue weighted by molar-refractivity contribution is 6.67. The molecule has 7 heteroatoms. The average molecular weight is 379 g/mol. The van der Waals surface area contributed by atoms with Gasteiger partial charge in [-0.2, -0.15) is 0 Å². The molecule has 2 saturated heterocycles. The molecule has 142 valence electrons. The summed E-state index contributed by atoms with van der Waals surface area (Å²) in [6.45, 7) is 4.23. The molecule has 3 heterocycles. The lowest BCUT2D eigenvalue weighted by atomic mass is 9.89. The number of carbonyl (C=O) groups is 1. The molecule has 0 amide bonds. The molecule has 3 aliphatic rings. The Morgan fingerprint density at radius 2 is 1.62 bits per heavy atom. The van der Waals surface area contributed by atoms with Crippen molar-refractivity contribution >= 4 is 22.7 Å². The first-order valence-corrected chi connectivity index (χ1v) is 10.2. The van der Waals surface area contributed by atoms with E-state index in [1.54, 1.807) is 6.20 Å². The molecule has 1 saturated carbocycles. The molecule has 0 aromatic carbocycles. The van der Waals surface area contributed by atoms with Crippen LogP contribution in [0, 0.1) is 0 Å². The molecule has 3 fully saturated rings. The monoisotopic (exact) mass is 378 g/mol. The molecule has 1 aliphatic carbocycles. The van der Waals surface area contributed by atoms with E-state index in [1.165, 1.54) is 51.4 Å². The molecule has 6 nitrogen and oxygen atoms in total. The Bertz CT molecular complexity index is 606. The van der Waals surface area contributed by atoms with Crippen LogP contribution >= 0.6 is 11.6 Å². The number of anilines is 1. The van der Waals surface area contributed by atoms with Crippen LogP contribution in [0.4, 0.5) is 5.82 Å². The van der Waals surface area contributed by atoms with Gasteiger partial charge >= 0.3 is 0 Å². The van der Waals surface area contributed by atoms with Crippen molar-refractivity contribution in [1.82, 2.24) is 14.9 Å².